The van der Waals surface area contributed by atoms with Crippen LogP contribution >= 0.6 is 23.2 Å². The van der Waals surface area contributed by atoms with Gasteiger partial charge >= 0.3 is 0 Å². The highest BCUT2D eigenvalue weighted by atomic mass is 35.5. The Morgan fingerprint density at radius 3 is 2.43 bits per heavy atom. The van der Waals surface area contributed by atoms with Crippen molar-refractivity contribution in [3.63, 3.8) is 0 Å². The van der Waals surface area contributed by atoms with Crippen molar-refractivity contribution in [2.45, 2.75) is 43.7 Å². The van der Waals surface area contributed by atoms with E-state index in [0.717, 1.165) is 25.9 Å². The van der Waals surface area contributed by atoms with Crippen molar-refractivity contribution in [3.05, 3.63) is 28.2 Å². The molecule has 1 fully saturated rings. The highest BCUT2D eigenvalue weighted by Crippen LogP contribution is 2.26. The summed E-state index contributed by atoms with van der Waals surface area (Å²) in [5.41, 5.74) is 0. The van der Waals surface area contributed by atoms with E-state index in [-0.39, 0.29) is 16.0 Å². The number of nitrogens with zero attached hydrogens (tertiary/aromatic N) is 1. The molecule has 1 aliphatic rings. The van der Waals surface area contributed by atoms with Gasteiger partial charge in [0.1, 0.15) is 4.90 Å². The summed E-state index contributed by atoms with van der Waals surface area (Å²) >= 11 is 11.8. The Kier molecular flexibility index (Phi) is 5.54. The number of rotatable bonds is 4. The Morgan fingerprint density at radius 1 is 1.24 bits per heavy atom. The van der Waals surface area contributed by atoms with Crippen molar-refractivity contribution in [3.8, 4) is 0 Å². The molecule has 21 heavy (non-hydrogen) atoms. The fourth-order valence-corrected chi connectivity index (χ4v) is 4.57. The Balaban J connectivity index is 2.07. The minimum atomic E-state index is -3.64. The first-order valence-electron chi connectivity index (χ1n) is 7.01. The molecule has 1 aliphatic heterocycles. The molecule has 0 bridgehead atoms. The minimum Gasteiger partial charge on any atom is -0.301 e. The molecular formula is C14H20Cl2N2O2S. The summed E-state index contributed by atoms with van der Waals surface area (Å²) in [5, 5.41) is 0.543. The number of likely N-dealkylation sites (tertiary alicyclic amines) is 1. The van der Waals surface area contributed by atoms with Crippen LogP contribution in [0.1, 0.15) is 26.7 Å². The summed E-state index contributed by atoms with van der Waals surface area (Å²) in [4.78, 5) is 2.39. The van der Waals surface area contributed by atoms with E-state index < -0.39 is 10.0 Å². The molecule has 0 unspecified atom stereocenters. The maximum Gasteiger partial charge on any atom is 0.242 e. The monoisotopic (exact) mass is 350 g/mol. The maximum atomic E-state index is 12.4. The van der Waals surface area contributed by atoms with Crippen LogP contribution in [0, 0.1) is 0 Å². The molecule has 0 radical (unpaired) electrons. The lowest BCUT2D eigenvalue weighted by atomic mass is 10.1. The first-order valence-corrected chi connectivity index (χ1v) is 9.25. The van der Waals surface area contributed by atoms with E-state index in [4.69, 9.17) is 23.2 Å². The Bertz CT molecular complexity index is 597. The van der Waals surface area contributed by atoms with E-state index in [9.17, 15) is 8.42 Å². The molecule has 4 nitrogen and oxygen atoms in total. The van der Waals surface area contributed by atoms with Crippen molar-refractivity contribution >= 4 is 33.2 Å². The number of piperidine rings is 1. The first-order chi connectivity index (χ1) is 9.79. The zero-order chi connectivity index (χ0) is 15.6. The molecule has 2 rings (SSSR count). The number of halogens is 2. The second-order valence-corrected chi connectivity index (χ2v) is 8.13. The standard InChI is InChI=1S/C14H20Cl2N2O2S/c1-10(2)18-7-5-12(6-8-18)17-21(19,20)14-9-11(15)3-4-13(14)16/h3-4,9-10,12,17H,5-8H2,1-2H3. The minimum absolute atomic E-state index is 0.0444. The van der Waals surface area contributed by atoms with Crippen LogP contribution in [0.5, 0.6) is 0 Å². The van der Waals surface area contributed by atoms with Crippen molar-refractivity contribution in [1.82, 2.24) is 9.62 Å². The third-order valence-corrected chi connectivity index (χ3v) is 6.00. The maximum absolute atomic E-state index is 12.4. The molecule has 0 aliphatic carbocycles. The van der Waals surface area contributed by atoms with Gasteiger partial charge in [-0.1, -0.05) is 23.2 Å². The number of benzene rings is 1. The summed E-state index contributed by atoms with van der Waals surface area (Å²) < 4.78 is 27.6. The third-order valence-electron chi connectivity index (χ3n) is 3.76. The average molecular weight is 351 g/mol. The lowest BCUT2D eigenvalue weighted by Gasteiger charge is -2.34. The SMILES string of the molecule is CC(C)N1CCC(NS(=O)(=O)c2cc(Cl)ccc2Cl)CC1. The molecule has 1 heterocycles. The Hall–Kier alpha value is -0.330. The highest BCUT2D eigenvalue weighted by Gasteiger charge is 2.26. The van der Waals surface area contributed by atoms with E-state index in [1.165, 1.54) is 12.1 Å². The molecular weight excluding hydrogens is 331 g/mol. The molecule has 0 atom stereocenters. The van der Waals surface area contributed by atoms with Gasteiger partial charge in [-0.15, -0.1) is 0 Å². The predicted octanol–water partition coefficient (Wildman–Crippen LogP) is 3.14. The highest BCUT2D eigenvalue weighted by molar-refractivity contribution is 7.89. The zero-order valence-corrected chi connectivity index (χ0v) is 14.5. The fraction of sp³-hybridized carbons (Fsp3) is 0.571. The van der Waals surface area contributed by atoms with Crippen molar-refractivity contribution in [2.75, 3.05) is 13.1 Å². The normalized spacial score (nSPS) is 18.3. The quantitative estimate of drug-likeness (QED) is 0.907. The topological polar surface area (TPSA) is 49.4 Å². The fourth-order valence-electron chi connectivity index (χ4n) is 2.50. The summed E-state index contributed by atoms with van der Waals surface area (Å²) in [7, 11) is -3.64. The van der Waals surface area contributed by atoms with E-state index in [1.807, 2.05) is 0 Å². The average Bonchev–Trinajstić information content (AvgIpc) is 2.41. The van der Waals surface area contributed by atoms with E-state index in [2.05, 4.69) is 23.5 Å². The number of sulfonamides is 1. The van der Waals surface area contributed by atoms with Gasteiger partial charge in [-0.05, 0) is 58.0 Å². The van der Waals surface area contributed by atoms with Crippen LogP contribution < -0.4 is 4.72 Å². The molecule has 0 spiro atoms. The molecule has 1 N–H and O–H groups in total. The van der Waals surface area contributed by atoms with Gasteiger partial charge in [0.2, 0.25) is 10.0 Å². The lowest BCUT2D eigenvalue weighted by Crippen LogP contribution is -2.46. The van der Waals surface area contributed by atoms with Gasteiger partial charge < -0.3 is 4.90 Å². The Labute approximate surface area is 136 Å². The van der Waals surface area contributed by atoms with Crippen LogP contribution in [0.4, 0.5) is 0 Å². The van der Waals surface area contributed by atoms with E-state index in [1.54, 1.807) is 6.07 Å². The predicted molar refractivity (Wildman–Crippen MR) is 86.5 cm³/mol. The van der Waals surface area contributed by atoms with Crippen LogP contribution in [-0.2, 0) is 10.0 Å². The van der Waals surface area contributed by atoms with E-state index >= 15 is 0 Å². The van der Waals surface area contributed by atoms with Gasteiger partial charge in [0.25, 0.3) is 0 Å². The van der Waals surface area contributed by atoms with Gasteiger partial charge in [-0.3, -0.25) is 0 Å². The van der Waals surface area contributed by atoms with Gasteiger partial charge in [0, 0.05) is 17.1 Å². The van der Waals surface area contributed by atoms with Crippen LogP contribution in [0.2, 0.25) is 10.0 Å². The summed E-state index contributed by atoms with van der Waals surface area (Å²) in [5.74, 6) is 0. The number of hydrogen-bond donors (Lipinski definition) is 1. The number of hydrogen-bond acceptors (Lipinski definition) is 3. The van der Waals surface area contributed by atoms with Crippen molar-refractivity contribution in [1.29, 1.82) is 0 Å². The largest absolute Gasteiger partial charge is 0.301 e. The molecule has 1 aromatic rings. The molecule has 7 heteroatoms. The van der Waals surface area contributed by atoms with E-state index in [0.29, 0.717) is 11.1 Å². The number of nitrogens with one attached hydrogen (secondary N) is 1. The van der Waals surface area contributed by atoms with Gasteiger partial charge in [0.05, 0.1) is 5.02 Å². The second kappa shape index (κ2) is 6.84. The summed E-state index contributed by atoms with van der Waals surface area (Å²) in [6, 6.07) is 4.89. The van der Waals surface area contributed by atoms with Gasteiger partial charge in [-0.25, -0.2) is 13.1 Å². The molecule has 1 saturated heterocycles. The molecule has 0 amide bonds. The lowest BCUT2D eigenvalue weighted by molar-refractivity contribution is 0.168. The summed E-state index contributed by atoms with van der Waals surface area (Å²) in [6.07, 6.45) is 1.60. The van der Waals surface area contributed by atoms with Gasteiger partial charge in [0.15, 0.2) is 0 Å². The summed E-state index contributed by atoms with van der Waals surface area (Å²) in [6.45, 7) is 6.09. The molecule has 118 valence electrons. The van der Waals surface area contributed by atoms with Crippen molar-refractivity contribution in [2.24, 2.45) is 0 Å². The third kappa shape index (κ3) is 4.33. The zero-order valence-electron chi connectivity index (χ0n) is 12.1. The van der Waals surface area contributed by atoms with Crippen molar-refractivity contribution < 1.29 is 8.42 Å². The smallest absolute Gasteiger partial charge is 0.242 e. The van der Waals surface area contributed by atoms with Crippen LogP contribution in [0.15, 0.2) is 23.1 Å². The van der Waals surface area contributed by atoms with Crippen LogP contribution in [0.3, 0.4) is 0 Å². The Morgan fingerprint density at radius 2 is 1.86 bits per heavy atom. The van der Waals surface area contributed by atoms with Gasteiger partial charge in [-0.2, -0.15) is 0 Å². The molecule has 0 aromatic heterocycles. The molecule has 1 aromatic carbocycles. The van der Waals surface area contributed by atoms with Crippen LogP contribution in [-0.4, -0.2) is 38.5 Å². The van der Waals surface area contributed by atoms with Crippen LogP contribution in [0.25, 0.3) is 0 Å². The first kappa shape index (κ1) is 17.0. The molecule has 0 saturated carbocycles. The second-order valence-electron chi connectivity index (χ2n) is 5.60.